The van der Waals surface area contributed by atoms with Crippen molar-refractivity contribution < 1.29 is 17.7 Å². The van der Waals surface area contributed by atoms with E-state index in [1.165, 1.54) is 0 Å². The monoisotopic (exact) mass is 313 g/mol. The molecule has 0 bridgehead atoms. The van der Waals surface area contributed by atoms with Gasteiger partial charge in [0.05, 0.1) is 17.1 Å². The van der Waals surface area contributed by atoms with Gasteiger partial charge in [-0.05, 0) is 25.3 Å². The number of nitro groups is 1. The first-order valence-corrected chi connectivity index (χ1v) is 7.67. The minimum atomic E-state index is -4.18. The number of rotatable bonds is 3. The second-order valence-electron chi connectivity index (χ2n) is 4.63. The van der Waals surface area contributed by atoms with Crippen LogP contribution < -0.4 is 0 Å². The normalized spacial score (nSPS) is 19.9. The van der Waals surface area contributed by atoms with Crippen molar-refractivity contribution in [3.63, 3.8) is 0 Å². The summed E-state index contributed by atoms with van der Waals surface area (Å²) in [4.78, 5) is 9.10. The van der Waals surface area contributed by atoms with Crippen molar-refractivity contribution in [2.45, 2.75) is 30.2 Å². The zero-order valence-electron chi connectivity index (χ0n) is 10.9. The van der Waals surface area contributed by atoms with Crippen LogP contribution >= 0.6 is 0 Å². The highest BCUT2D eigenvalue weighted by atomic mass is 32.2. The van der Waals surface area contributed by atoms with Crippen molar-refractivity contribution in [1.82, 2.24) is 4.31 Å². The molecular weight excluding hydrogens is 301 g/mol. The Balaban J connectivity index is 2.44. The molecule has 2 rings (SSSR count). The Hall–Kier alpha value is -2.05. The van der Waals surface area contributed by atoms with Crippen LogP contribution in [0.15, 0.2) is 23.1 Å². The van der Waals surface area contributed by atoms with E-state index in [2.05, 4.69) is 0 Å². The lowest BCUT2D eigenvalue weighted by molar-refractivity contribution is -0.385. The predicted molar refractivity (Wildman–Crippen MR) is 70.2 cm³/mol. The molecule has 0 aliphatic carbocycles. The molecule has 1 aromatic carbocycles. The summed E-state index contributed by atoms with van der Waals surface area (Å²) in [6.07, 6.45) is 1.71. The Morgan fingerprint density at radius 1 is 1.43 bits per heavy atom. The summed E-state index contributed by atoms with van der Waals surface area (Å²) in [6, 6.07) is 3.43. The molecule has 0 amide bonds. The smallest absolute Gasteiger partial charge is 0.258 e. The molecule has 1 aliphatic heterocycles. The number of sulfonamides is 1. The molecule has 0 N–H and O–H groups in total. The Morgan fingerprint density at radius 2 is 2.14 bits per heavy atom. The van der Waals surface area contributed by atoms with E-state index in [-0.39, 0.29) is 6.54 Å². The Morgan fingerprint density at radius 3 is 2.71 bits per heavy atom. The standard InChI is InChI=1S/C12H12FN3O4S/c13-11-7-9(16(17)18)4-5-12(11)21(19,20)15-6-2-1-3-10(15)8-14/h4-5,7,10H,1-3,6H2. The van der Waals surface area contributed by atoms with E-state index in [0.29, 0.717) is 18.9 Å². The summed E-state index contributed by atoms with van der Waals surface area (Å²) in [6.45, 7) is 0.136. The van der Waals surface area contributed by atoms with E-state index in [1.807, 2.05) is 6.07 Å². The fraction of sp³-hybridized carbons (Fsp3) is 0.417. The lowest BCUT2D eigenvalue weighted by atomic mass is 10.1. The molecule has 1 atom stereocenters. The van der Waals surface area contributed by atoms with E-state index >= 15 is 0 Å². The zero-order valence-corrected chi connectivity index (χ0v) is 11.7. The van der Waals surface area contributed by atoms with Crippen molar-refractivity contribution >= 4 is 15.7 Å². The molecule has 1 aromatic rings. The third kappa shape index (κ3) is 2.86. The molecule has 0 radical (unpaired) electrons. The van der Waals surface area contributed by atoms with Gasteiger partial charge in [0, 0.05) is 12.6 Å². The van der Waals surface area contributed by atoms with Gasteiger partial charge >= 0.3 is 0 Å². The number of nitro benzene ring substituents is 1. The molecule has 21 heavy (non-hydrogen) atoms. The third-order valence-electron chi connectivity index (χ3n) is 3.32. The van der Waals surface area contributed by atoms with Crippen molar-refractivity contribution in [1.29, 1.82) is 5.26 Å². The highest BCUT2D eigenvalue weighted by molar-refractivity contribution is 7.89. The van der Waals surface area contributed by atoms with E-state index < -0.39 is 37.4 Å². The summed E-state index contributed by atoms with van der Waals surface area (Å²) >= 11 is 0. The summed E-state index contributed by atoms with van der Waals surface area (Å²) in [5, 5.41) is 19.6. The molecule has 9 heteroatoms. The number of piperidine rings is 1. The first kappa shape index (κ1) is 15.3. The maximum absolute atomic E-state index is 13.9. The molecular formula is C12H12FN3O4S. The molecule has 0 spiro atoms. The van der Waals surface area contributed by atoms with E-state index in [1.54, 1.807) is 0 Å². The van der Waals surface area contributed by atoms with Crippen LogP contribution in [0.3, 0.4) is 0 Å². The van der Waals surface area contributed by atoms with Gasteiger partial charge in [0.15, 0.2) is 0 Å². The van der Waals surface area contributed by atoms with Crippen LogP contribution in [0.1, 0.15) is 19.3 Å². The summed E-state index contributed by atoms with van der Waals surface area (Å²) in [7, 11) is -4.18. The fourth-order valence-corrected chi connectivity index (χ4v) is 3.92. The van der Waals surface area contributed by atoms with Gasteiger partial charge in [0.25, 0.3) is 5.69 Å². The molecule has 1 aliphatic rings. The minimum absolute atomic E-state index is 0.136. The van der Waals surface area contributed by atoms with E-state index in [4.69, 9.17) is 5.26 Å². The van der Waals surface area contributed by atoms with Crippen molar-refractivity contribution in [3.8, 4) is 6.07 Å². The maximum atomic E-state index is 13.9. The lowest BCUT2D eigenvalue weighted by Gasteiger charge is -2.30. The number of hydrogen-bond donors (Lipinski definition) is 0. The maximum Gasteiger partial charge on any atom is 0.272 e. The SMILES string of the molecule is N#CC1CCCCN1S(=O)(=O)c1ccc([N+](=O)[O-])cc1F. The molecule has 7 nitrogen and oxygen atoms in total. The number of benzene rings is 1. The van der Waals surface area contributed by atoms with Crippen LogP contribution in [0.5, 0.6) is 0 Å². The highest BCUT2D eigenvalue weighted by Crippen LogP contribution is 2.28. The van der Waals surface area contributed by atoms with Crippen molar-refractivity contribution in [2.24, 2.45) is 0 Å². The summed E-state index contributed by atoms with van der Waals surface area (Å²) in [5.41, 5.74) is -0.526. The van der Waals surface area contributed by atoms with Crippen molar-refractivity contribution in [3.05, 3.63) is 34.1 Å². The number of hydrogen-bond acceptors (Lipinski definition) is 5. The fourth-order valence-electron chi connectivity index (χ4n) is 2.26. The van der Waals surface area contributed by atoms with Gasteiger partial charge in [-0.3, -0.25) is 10.1 Å². The van der Waals surface area contributed by atoms with Gasteiger partial charge in [0.2, 0.25) is 10.0 Å². The molecule has 112 valence electrons. The molecule has 0 aromatic heterocycles. The second-order valence-corrected chi connectivity index (χ2v) is 6.49. The van der Waals surface area contributed by atoms with Gasteiger partial charge in [-0.25, -0.2) is 12.8 Å². The Kier molecular flexibility index (Phi) is 4.20. The van der Waals surface area contributed by atoms with E-state index in [9.17, 15) is 22.9 Å². The van der Waals surface area contributed by atoms with Crippen LogP contribution in [0.2, 0.25) is 0 Å². The first-order valence-electron chi connectivity index (χ1n) is 6.23. The summed E-state index contributed by atoms with van der Waals surface area (Å²) in [5.74, 6) is -1.19. The summed E-state index contributed by atoms with van der Waals surface area (Å²) < 4.78 is 39.7. The largest absolute Gasteiger partial charge is 0.272 e. The lowest BCUT2D eigenvalue weighted by Crippen LogP contribution is -2.43. The van der Waals surface area contributed by atoms with Crippen LogP contribution in [0.25, 0.3) is 0 Å². The van der Waals surface area contributed by atoms with Crippen molar-refractivity contribution in [2.75, 3.05) is 6.54 Å². The van der Waals surface area contributed by atoms with Gasteiger partial charge in [-0.1, -0.05) is 0 Å². The predicted octanol–water partition coefficient (Wildman–Crippen LogP) is 1.80. The number of nitriles is 1. The van der Waals surface area contributed by atoms with E-state index in [0.717, 1.165) is 22.9 Å². The number of non-ortho nitro benzene ring substituents is 1. The minimum Gasteiger partial charge on any atom is -0.258 e. The number of nitrogens with zero attached hydrogens (tertiary/aromatic N) is 3. The molecule has 0 saturated carbocycles. The Labute approximate surface area is 120 Å². The molecule has 1 fully saturated rings. The average molecular weight is 313 g/mol. The van der Waals surface area contributed by atoms with Gasteiger partial charge in [-0.15, -0.1) is 0 Å². The quantitative estimate of drug-likeness (QED) is 0.625. The highest BCUT2D eigenvalue weighted by Gasteiger charge is 2.35. The molecule has 1 heterocycles. The first-order chi connectivity index (χ1) is 9.87. The number of halogens is 1. The second kappa shape index (κ2) is 5.75. The van der Waals surface area contributed by atoms with Gasteiger partial charge in [0.1, 0.15) is 16.8 Å². The average Bonchev–Trinajstić information content (AvgIpc) is 2.46. The topological polar surface area (TPSA) is 104 Å². The van der Waals surface area contributed by atoms with Crippen LogP contribution in [-0.4, -0.2) is 30.2 Å². The van der Waals surface area contributed by atoms with Gasteiger partial charge < -0.3 is 0 Å². The van der Waals surface area contributed by atoms with Gasteiger partial charge in [-0.2, -0.15) is 9.57 Å². The zero-order chi connectivity index (χ0) is 15.6. The van der Waals surface area contributed by atoms with Crippen LogP contribution in [0.4, 0.5) is 10.1 Å². The third-order valence-corrected chi connectivity index (χ3v) is 5.26. The van der Waals surface area contributed by atoms with Crippen LogP contribution in [-0.2, 0) is 10.0 Å². The Bertz CT molecular complexity index is 714. The molecule has 1 unspecified atom stereocenters. The molecule has 1 saturated heterocycles. The van der Waals surface area contributed by atoms with Crippen LogP contribution in [0, 0.1) is 27.3 Å².